The van der Waals surface area contributed by atoms with E-state index in [1.807, 2.05) is 18.2 Å². The first-order valence-electron chi connectivity index (χ1n) is 7.39. The van der Waals surface area contributed by atoms with Gasteiger partial charge in [-0.05, 0) is 17.0 Å². The third-order valence-electron chi connectivity index (χ3n) is 3.78. The summed E-state index contributed by atoms with van der Waals surface area (Å²) in [5.41, 5.74) is 1.54. The van der Waals surface area contributed by atoms with E-state index in [-0.39, 0.29) is 17.4 Å². The standard InChI is InChI=1S/C17H20N2O3/c1-17(2,3)13-6-4-5-7-15(13)22-12-8-19(9-12)16(20)14-10-21-11-18-14/h4-7,10-12H,8-9H2,1-3H3. The Morgan fingerprint density at radius 1 is 1.32 bits per heavy atom. The van der Waals surface area contributed by atoms with Crippen LogP contribution in [-0.4, -0.2) is 35.0 Å². The molecule has 0 atom stereocenters. The molecule has 1 aromatic carbocycles. The summed E-state index contributed by atoms with van der Waals surface area (Å²) in [5.74, 6) is 0.784. The molecule has 1 saturated heterocycles. The Labute approximate surface area is 129 Å². The van der Waals surface area contributed by atoms with E-state index >= 15 is 0 Å². The van der Waals surface area contributed by atoms with Gasteiger partial charge in [-0.2, -0.15) is 0 Å². The van der Waals surface area contributed by atoms with Gasteiger partial charge in [-0.3, -0.25) is 4.79 Å². The molecule has 0 N–H and O–H groups in total. The van der Waals surface area contributed by atoms with Crippen molar-refractivity contribution in [3.05, 3.63) is 48.2 Å². The van der Waals surface area contributed by atoms with E-state index in [0.717, 1.165) is 5.75 Å². The lowest BCUT2D eigenvalue weighted by molar-refractivity contribution is 0.0167. The van der Waals surface area contributed by atoms with Crippen LogP contribution in [0.1, 0.15) is 36.8 Å². The number of hydrogen-bond donors (Lipinski definition) is 0. The first-order valence-corrected chi connectivity index (χ1v) is 7.39. The third kappa shape index (κ3) is 2.84. The van der Waals surface area contributed by atoms with Crippen molar-refractivity contribution in [3.8, 4) is 5.75 Å². The highest BCUT2D eigenvalue weighted by Crippen LogP contribution is 2.32. The summed E-state index contributed by atoms with van der Waals surface area (Å²) < 4.78 is 10.9. The normalized spacial score (nSPS) is 15.5. The maximum Gasteiger partial charge on any atom is 0.276 e. The van der Waals surface area contributed by atoms with Gasteiger partial charge in [-0.1, -0.05) is 39.0 Å². The van der Waals surface area contributed by atoms with Crippen LogP contribution in [0.5, 0.6) is 5.75 Å². The lowest BCUT2D eigenvalue weighted by Gasteiger charge is -2.39. The Kier molecular flexibility index (Phi) is 3.64. The Bertz CT molecular complexity index is 653. The van der Waals surface area contributed by atoms with Gasteiger partial charge in [0.2, 0.25) is 0 Å². The molecule has 22 heavy (non-hydrogen) atoms. The molecule has 0 radical (unpaired) electrons. The molecule has 5 heteroatoms. The summed E-state index contributed by atoms with van der Waals surface area (Å²) in [6.45, 7) is 7.64. The van der Waals surface area contributed by atoms with E-state index in [2.05, 4.69) is 31.8 Å². The lowest BCUT2D eigenvalue weighted by atomic mass is 9.86. The number of aromatic nitrogens is 1. The predicted molar refractivity (Wildman–Crippen MR) is 82.0 cm³/mol. The molecule has 116 valence electrons. The molecule has 2 aromatic rings. The maximum absolute atomic E-state index is 12.1. The number of nitrogens with zero attached hydrogens (tertiary/aromatic N) is 2. The second-order valence-corrected chi connectivity index (χ2v) is 6.57. The zero-order valence-corrected chi connectivity index (χ0v) is 13.1. The largest absolute Gasteiger partial charge is 0.486 e. The van der Waals surface area contributed by atoms with Crippen molar-refractivity contribution in [2.45, 2.75) is 32.3 Å². The Morgan fingerprint density at radius 2 is 2.05 bits per heavy atom. The van der Waals surface area contributed by atoms with Crippen molar-refractivity contribution in [2.24, 2.45) is 0 Å². The smallest absolute Gasteiger partial charge is 0.276 e. The molecule has 3 rings (SSSR count). The number of carbonyl (C=O) groups excluding carboxylic acids is 1. The van der Waals surface area contributed by atoms with E-state index in [1.165, 1.54) is 18.2 Å². The fourth-order valence-corrected chi connectivity index (χ4v) is 2.53. The van der Waals surface area contributed by atoms with Gasteiger partial charge in [0.05, 0.1) is 13.1 Å². The minimum atomic E-state index is -0.113. The first-order chi connectivity index (χ1) is 10.4. The van der Waals surface area contributed by atoms with E-state index in [9.17, 15) is 4.79 Å². The van der Waals surface area contributed by atoms with Gasteiger partial charge in [-0.25, -0.2) is 4.98 Å². The van der Waals surface area contributed by atoms with E-state index in [0.29, 0.717) is 18.8 Å². The maximum atomic E-state index is 12.1. The van der Waals surface area contributed by atoms with E-state index < -0.39 is 0 Å². The Hall–Kier alpha value is -2.30. The molecule has 0 unspecified atom stereocenters. The fourth-order valence-electron chi connectivity index (χ4n) is 2.53. The number of likely N-dealkylation sites (tertiary alicyclic amines) is 1. The average Bonchev–Trinajstić information content (AvgIpc) is 2.95. The molecule has 1 aliphatic rings. The number of oxazole rings is 1. The number of benzene rings is 1. The molecular formula is C17H20N2O3. The highest BCUT2D eigenvalue weighted by molar-refractivity contribution is 5.92. The zero-order valence-electron chi connectivity index (χ0n) is 13.1. The number of para-hydroxylation sites is 1. The van der Waals surface area contributed by atoms with Crippen LogP contribution in [0.4, 0.5) is 0 Å². The van der Waals surface area contributed by atoms with E-state index in [1.54, 1.807) is 4.90 Å². The van der Waals surface area contributed by atoms with Gasteiger partial charge >= 0.3 is 0 Å². The molecule has 1 fully saturated rings. The summed E-state index contributed by atoms with van der Waals surface area (Å²) in [5, 5.41) is 0. The van der Waals surface area contributed by atoms with Crippen LogP contribution in [0.3, 0.4) is 0 Å². The van der Waals surface area contributed by atoms with Gasteiger partial charge in [-0.15, -0.1) is 0 Å². The van der Waals surface area contributed by atoms with Crippen LogP contribution in [0, 0.1) is 0 Å². The average molecular weight is 300 g/mol. The number of hydrogen-bond acceptors (Lipinski definition) is 4. The molecule has 0 saturated carbocycles. The lowest BCUT2D eigenvalue weighted by Crippen LogP contribution is -2.56. The van der Waals surface area contributed by atoms with E-state index in [4.69, 9.17) is 9.15 Å². The van der Waals surface area contributed by atoms with Gasteiger partial charge in [0.1, 0.15) is 18.1 Å². The molecule has 1 aliphatic heterocycles. The predicted octanol–water partition coefficient (Wildman–Crippen LogP) is 2.88. The molecule has 0 aliphatic carbocycles. The van der Waals surface area contributed by atoms with Crippen molar-refractivity contribution >= 4 is 5.91 Å². The van der Waals surface area contributed by atoms with Gasteiger partial charge in [0.25, 0.3) is 5.91 Å². The molecule has 1 amide bonds. The summed E-state index contributed by atoms with van der Waals surface area (Å²) in [6, 6.07) is 8.07. The zero-order chi connectivity index (χ0) is 15.7. The van der Waals surface area contributed by atoms with Crippen LogP contribution in [0.2, 0.25) is 0 Å². The van der Waals surface area contributed by atoms with Crippen LogP contribution in [-0.2, 0) is 5.41 Å². The highest BCUT2D eigenvalue weighted by Gasteiger charge is 2.34. The number of ether oxygens (including phenoxy) is 1. The second-order valence-electron chi connectivity index (χ2n) is 6.57. The van der Waals surface area contributed by atoms with Gasteiger partial charge in [0.15, 0.2) is 12.1 Å². The van der Waals surface area contributed by atoms with Crippen molar-refractivity contribution < 1.29 is 13.9 Å². The Morgan fingerprint density at radius 3 is 2.68 bits per heavy atom. The molecular weight excluding hydrogens is 280 g/mol. The number of rotatable bonds is 3. The van der Waals surface area contributed by atoms with Crippen molar-refractivity contribution in [1.29, 1.82) is 0 Å². The van der Waals surface area contributed by atoms with Crippen LogP contribution in [0.25, 0.3) is 0 Å². The topological polar surface area (TPSA) is 55.6 Å². The SMILES string of the molecule is CC(C)(C)c1ccccc1OC1CN(C(=O)c2cocn2)C1. The molecule has 1 aromatic heterocycles. The third-order valence-corrected chi connectivity index (χ3v) is 3.78. The second kappa shape index (κ2) is 5.48. The summed E-state index contributed by atoms with van der Waals surface area (Å²) in [6.07, 6.45) is 2.66. The quantitative estimate of drug-likeness (QED) is 0.874. The molecule has 0 bridgehead atoms. The summed E-state index contributed by atoms with van der Waals surface area (Å²) in [7, 11) is 0. The number of amides is 1. The minimum Gasteiger partial charge on any atom is -0.486 e. The van der Waals surface area contributed by atoms with Gasteiger partial charge in [0, 0.05) is 0 Å². The van der Waals surface area contributed by atoms with Crippen LogP contribution >= 0.6 is 0 Å². The monoisotopic (exact) mass is 300 g/mol. The van der Waals surface area contributed by atoms with Gasteiger partial charge < -0.3 is 14.1 Å². The fraction of sp³-hybridized carbons (Fsp3) is 0.412. The number of carbonyl (C=O) groups is 1. The Balaban J connectivity index is 1.62. The van der Waals surface area contributed by atoms with Crippen LogP contribution in [0.15, 0.2) is 41.3 Å². The van der Waals surface area contributed by atoms with Crippen molar-refractivity contribution in [2.75, 3.05) is 13.1 Å². The highest BCUT2D eigenvalue weighted by atomic mass is 16.5. The molecule has 0 spiro atoms. The minimum absolute atomic E-state index is 0.0244. The summed E-state index contributed by atoms with van der Waals surface area (Å²) >= 11 is 0. The van der Waals surface area contributed by atoms with Crippen molar-refractivity contribution in [1.82, 2.24) is 9.88 Å². The molecule has 2 heterocycles. The van der Waals surface area contributed by atoms with Crippen LogP contribution < -0.4 is 4.74 Å². The molecule has 5 nitrogen and oxygen atoms in total. The summed E-state index contributed by atoms with van der Waals surface area (Å²) in [4.78, 5) is 17.6. The first kappa shape index (κ1) is 14.6. The van der Waals surface area contributed by atoms with Crippen molar-refractivity contribution in [3.63, 3.8) is 0 Å².